The number of aliphatic hydroxyl groups is 1. The van der Waals surface area contributed by atoms with Gasteiger partial charge in [0.1, 0.15) is 17.6 Å². The second-order valence-electron chi connectivity index (χ2n) is 6.56. The van der Waals surface area contributed by atoms with Crippen LogP contribution >= 0.6 is 22.1 Å². The Kier molecular flexibility index (Phi) is 7.43. The van der Waals surface area contributed by atoms with E-state index in [4.69, 9.17) is 16.3 Å². The van der Waals surface area contributed by atoms with Gasteiger partial charge < -0.3 is 15.2 Å². The number of carbonyl (C=O) groups is 1. The molecule has 1 aromatic heterocycles. The highest BCUT2D eigenvalue weighted by atomic mass is 35.5. The third kappa shape index (κ3) is 5.78. The maximum atomic E-state index is 12.1. The van der Waals surface area contributed by atoms with Crippen LogP contribution in [-0.4, -0.2) is 64.6 Å². The van der Waals surface area contributed by atoms with Gasteiger partial charge in [0.15, 0.2) is 0 Å². The van der Waals surface area contributed by atoms with E-state index in [0.717, 1.165) is 31.1 Å². The van der Waals surface area contributed by atoms with Gasteiger partial charge in [0.2, 0.25) is 0 Å². The Balaban J connectivity index is 1.35. The van der Waals surface area contributed by atoms with Crippen molar-refractivity contribution in [2.75, 3.05) is 31.6 Å². The molecule has 10 heteroatoms. The molecule has 1 aromatic carbocycles. The van der Waals surface area contributed by atoms with Gasteiger partial charge in [-0.05, 0) is 37.6 Å². The van der Waals surface area contributed by atoms with Crippen LogP contribution in [0.1, 0.15) is 13.3 Å². The first-order valence-electron chi connectivity index (χ1n) is 9.21. The third-order valence-electron chi connectivity index (χ3n) is 4.49. The number of carbonyl (C=O) groups excluding carboxylic acids is 1. The lowest BCUT2D eigenvalue weighted by molar-refractivity contribution is 0.0168. The minimum absolute atomic E-state index is 0.117. The van der Waals surface area contributed by atoms with Crippen LogP contribution in [0.15, 0.2) is 29.8 Å². The van der Waals surface area contributed by atoms with Crippen LogP contribution in [0.25, 0.3) is 0 Å². The van der Waals surface area contributed by atoms with Crippen molar-refractivity contribution in [1.29, 1.82) is 0 Å². The summed E-state index contributed by atoms with van der Waals surface area (Å²) in [5.41, 5.74) is 1.74. The lowest BCUT2D eigenvalue weighted by Gasteiger charge is -2.39. The maximum absolute atomic E-state index is 12.1. The van der Waals surface area contributed by atoms with Gasteiger partial charge in [-0.15, -0.1) is 0 Å². The number of anilines is 1. The number of ether oxygens (including phenoxy) is 1. The maximum Gasteiger partial charge on any atom is 0.368 e. The zero-order valence-electron chi connectivity index (χ0n) is 15.7. The summed E-state index contributed by atoms with van der Waals surface area (Å²) in [5.74, 6) is 1.66. The monoisotopic (exact) mass is 426 g/mol. The summed E-state index contributed by atoms with van der Waals surface area (Å²) < 4.78 is 5.87. The molecule has 8 nitrogen and oxygen atoms in total. The minimum Gasteiger partial charge on any atom is -0.488 e. The van der Waals surface area contributed by atoms with Gasteiger partial charge >= 0.3 is 11.2 Å². The number of urea groups is 1. The predicted molar refractivity (Wildman–Crippen MR) is 110 cm³/mol. The van der Waals surface area contributed by atoms with Crippen LogP contribution in [0.3, 0.4) is 0 Å². The largest absolute Gasteiger partial charge is 0.488 e. The summed E-state index contributed by atoms with van der Waals surface area (Å²) in [6, 6.07) is 6.66. The Hall–Kier alpha value is -1.94. The summed E-state index contributed by atoms with van der Waals surface area (Å²) in [4.78, 5) is 14.4. The van der Waals surface area contributed by atoms with Crippen molar-refractivity contribution in [2.24, 2.45) is 0 Å². The summed E-state index contributed by atoms with van der Waals surface area (Å²) in [6.45, 7) is 4.31. The highest BCUT2D eigenvalue weighted by Crippen LogP contribution is 2.26. The number of nitrogens with one attached hydrogen (secondary N) is 2. The zero-order chi connectivity index (χ0) is 19.9. The van der Waals surface area contributed by atoms with Gasteiger partial charge in [-0.3, -0.25) is 4.90 Å². The average Bonchev–Trinajstić information content (AvgIpc) is 3.10. The quantitative estimate of drug-likeness (QED) is 0.533. The van der Waals surface area contributed by atoms with Gasteiger partial charge in [0, 0.05) is 35.1 Å². The predicted octanol–water partition coefficient (Wildman–Crippen LogP) is 2.53. The van der Waals surface area contributed by atoms with Crippen LogP contribution in [0.4, 0.5) is 9.93 Å². The molecule has 1 aliphatic rings. The van der Waals surface area contributed by atoms with Crippen molar-refractivity contribution in [2.45, 2.75) is 31.2 Å². The molecule has 0 spiro atoms. The second-order valence-corrected chi connectivity index (χ2v) is 9.03. The Bertz CT molecular complexity index is 767. The second kappa shape index (κ2) is 10.0. The molecule has 1 unspecified atom stereocenters. The number of hydrogen-bond acceptors (Lipinski definition) is 6. The van der Waals surface area contributed by atoms with Gasteiger partial charge in [-0.1, -0.05) is 21.8 Å². The van der Waals surface area contributed by atoms with Crippen molar-refractivity contribution < 1.29 is 14.6 Å². The fourth-order valence-corrected chi connectivity index (χ4v) is 4.07. The summed E-state index contributed by atoms with van der Waals surface area (Å²) in [5, 5.41) is 24.1. The molecule has 0 bridgehead atoms. The topological polar surface area (TPSA) is 99.6 Å². The number of halogens is 1. The van der Waals surface area contributed by atoms with Crippen LogP contribution < -0.4 is 15.4 Å². The van der Waals surface area contributed by atoms with Gasteiger partial charge in [0.25, 0.3) is 5.51 Å². The summed E-state index contributed by atoms with van der Waals surface area (Å²) in [7, 11) is -0.241. The first kappa shape index (κ1) is 20.8. The van der Waals surface area contributed by atoms with Gasteiger partial charge in [0.05, 0.1) is 12.6 Å². The molecule has 2 amide bonds. The molecule has 1 aliphatic heterocycles. The number of amides is 2. The number of rotatable bonds is 9. The van der Waals surface area contributed by atoms with Gasteiger partial charge in [-0.2, -0.15) is 0 Å². The van der Waals surface area contributed by atoms with E-state index in [1.807, 2.05) is 31.2 Å². The number of aliphatic hydroxyl groups excluding tert-OH is 1. The van der Waals surface area contributed by atoms with Crippen LogP contribution in [0.2, 0.25) is 5.02 Å². The standard InChI is InChI=1S/C18H24ClN5O3S/c1-2-28-12-20-23-18(28)22-17(26)21-14(11-25)7-8-24-9-16(10-24)27-15-5-3-13(19)4-6-15/h3-6,12,14,16,25H,2,7-11H2,1H3,(H-,21,22,23,26)/p+1/t14-,28?/m0/s1. The number of benzene rings is 1. The van der Waals surface area contributed by atoms with E-state index in [2.05, 4.69) is 25.7 Å². The first-order chi connectivity index (χ1) is 13.6. The molecule has 2 heterocycles. The molecule has 152 valence electrons. The molecule has 2 aromatic rings. The third-order valence-corrected chi connectivity index (χ3v) is 6.40. The van der Waals surface area contributed by atoms with E-state index in [9.17, 15) is 9.90 Å². The van der Waals surface area contributed by atoms with Gasteiger partial charge in [-0.25, -0.2) is 10.1 Å². The Morgan fingerprint density at radius 2 is 2.18 bits per heavy atom. The lowest BCUT2D eigenvalue weighted by Crippen LogP contribution is -2.55. The van der Waals surface area contributed by atoms with Crippen molar-refractivity contribution in [3.8, 4) is 5.75 Å². The van der Waals surface area contributed by atoms with E-state index >= 15 is 0 Å². The molecule has 0 aliphatic carbocycles. The lowest BCUT2D eigenvalue weighted by atomic mass is 10.1. The van der Waals surface area contributed by atoms with Crippen LogP contribution in [-0.2, 0) is 5.75 Å². The molecule has 3 N–H and O–H groups in total. The molecule has 1 saturated heterocycles. The minimum atomic E-state index is -0.359. The van der Waals surface area contributed by atoms with E-state index in [1.165, 1.54) is 0 Å². The van der Waals surface area contributed by atoms with Crippen molar-refractivity contribution >= 4 is 33.2 Å². The number of hydrogen-bond donors (Lipinski definition) is 3. The van der Waals surface area contributed by atoms with Crippen molar-refractivity contribution in [1.82, 2.24) is 20.4 Å². The molecule has 28 heavy (non-hydrogen) atoms. The smallest absolute Gasteiger partial charge is 0.368 e. The highest BCUT2D eigenvalue weighted by Gasteiger charge is 2.29. The molecule has 1 fully saturated rings. The van der Waals surface area contributed by atoms with Crippen molar-refractivity contribution in [3.63, 3.8) is 0 Å². The Morgan fingerprint density at radius 3 is 2.86 bits per heavy atom. The summed E-state index contributed by atoms with van der Waals surface area (Å²) >= 11 is 5.87. The molecule has 0 radical (unpaired) electrons. The molecule has 3 rings (SSSR count). The normalized spacial score (nSPS) is 16.3. The van der Waals surface area contributed by atoms with E-state index in [1.54, 1.807) is 5.51 Å². The fraction of sp³-hybridized carbons (Fsp3) is 0.500. The molecular formula is C18H25ClN5O3S+. The number of aryl methyl sites for hydroxylation is 1. The number of likely N-dealkylation sites (tertiary alicyclic amines) is 1. The Morgan fingerprint density at radius 1 is 1.43 bits per heavy atom. The van der Waals surface area contributed by atoms with Crippen molar-refractivity contribution in [3.05, 3.63) is 34.8 Å². The molecule has 2 atom stereocenters. The molecular weight excluding hydrogens is 402 g/mol. The van der Waals surface area contributed by atoms with Crippen LogP contribution in [0.5, 0.6) is 5.75 Å². The average molecular weight is 427 g/mol. The SMILES string of the molecule is CC[s+]1cnnc1NC(=O)N[C@H](CO)CCN1CC(Oc2ccc(Cl)cc2)C1. The number of nitrogens with zero attached hydrogens (tertiary/aromatic N) is 3. The zero-order valence-corrected chi connectivity index (χ0v) is 17.2. The summed E-state index contributed by atoms with van der Waals surface area (Å²) in [6.07, 6.45) is 0.803. The fourth-order valence-electron chi connectivity index (χ4n) is 2.89. The highest BCUT2D eigenvalue weighted by molar-refractivity contribution is 7.32. The number of aromatic nitrogens is 2. The van der Waals surface area contributed by atoms with E-state index in [-0.39, 0.29) is 35.3 Å². The van der Waals surface area contributed by atoms with Crippen LogP contribution in [0, 0.1) is 0 Å². The Labute approximate surface area is 171 Å². The molecule has 0 saturated carbocycles. The first-order valence-corrected chi connectivity index (χ1v) is 11.0. The van der Waals surface area contributed by atoms with E-state index < -0.39 is 0 Å². The van der Waals surface area contributed by atoms with E-state index in [0.29, 0.717) is 16.6 Å².